The average molecular weight is 331 g/mol. The Morgan fingerprint density at radius 2 is 1.82 bits per heavy atom. The number of amides is 1. The van der Waals surface area contributed by atoms with Gasteiger partial charge in [-0.25, -0.2) is 0 Å². The van der Waals surface area contributed by atoms with E-state index in [2.05, 4.69) is 27.1 Å². The molecule has 0 aromatic rings. The number of nitrogens with one attached hydrogen (secondary N) is 1. The second-order valence-corrected chi connectivity index (χ2v) is 6.91. The highest BCUT2D eigenvalue weighted by Gasteiger charge is 2.30. The van der Waals surface area contributed by atoms with E-state index >= 15 is 0 Å². The molecule has 2 unspecified atom stereocenters. The van der Waals surface area contributed by atoms with Crippen molar-refractivity contribution in [2.45, 2.75) is 44.2 Å². The van der Waals surface area contributed by atoms with E-state index in [1.54, 1.807) is 0 Å². The number of nitrogens with zero attached hydrogens (tertiary/aromatic N) is 3. The van der Waals surface area contributed by atoms with Crippen LogP contribution in [-0.4, -0.2) is 85.6 Å². The topological polar surface area (TPSA) is 38.8 Å². The van der Waals surface area contributed by atoms with Gasteiger partial charge in [-0.1, -0.05) is 6.42 Å². The molecule has 0 saturated carbocycles. The lowest BCUT2D eigenvalue weighted by Gasteiger charge is -2.40. The van der Waals surface area contributed by atoms with Crippen molar-refractivity contribution in [2.24, 2.45) is 0 Å². The van der Waals surface area contributed by atoms with Crippen LogP contribution in [0.4, 0.5) is 0 Å². The molecule has 22 heavy (non-hydrogen) atoms. The fourth-order valence-corrected chi connectivity index (χ4v) is 3.94. The monoisotopic (exact) mass is 330 g/mol. The Labute approximate surface area is 140 Å². The van der Waals surface area contributed by atoms with Crippen molar-refractivity contribution in [2.75, 3.05) is 52.9 Å². The number of piperazine rings is 1. The molecule has 0 aromatic heterocycles. The molecule has 3 aliphatic rings. The summed E-state index contributed by atoms with van der Waals surface area (Å²) in [5.74, 6) is 0.335. The van der Waals surface area contributed by atoms with Gasteiger partial charge in [0.25, 0.3) is 0 Å². The summed E-state index contributed by atoms with van der Waals surface area (Å²) in [6.07, 6.45) is 6.22. The molecule has 3 fully saturated rings. The third-order valence-corrected chi connectivity index (χ3v) is 5.43. The number of piperidine rings is 1. The van der Waals surface area contributed by atoms with Gasteiger partial charge < -0.3 is 15.1 Å². The summed E-state index contributed by atoms with van der Waals surface area (Å²) in [7, 11) is 2.26. The van der Waals surface area contributed by atoms with Crippen molar-refractivity contribution < 1.29 is 4.79 Å². The second kappa shape index (κ2) is 8.48. The minimum atomic E-state index is 0. The number of likely N-dealkylation sites (tertiary alicyclic amines) is 1. The zero-order valence-electron chi connectivity index (χ0n) is 13.8. The summed E-state index contributed by atoms with van der Waals surface area (Å²) in [6.45, 7) is 7.34. The molecular formula is C16H31ClN4O. The summed E-state index contributed by atoms with van der Waals surface area (Å²) >= 11 is 0. The average Bonchev–Trinajstić information content (AvgIpc) is 3.04. The van der Waals surface area contributed by atoms with Crippen LogP contribution in [0.2, 0.25) is 0 Å². The molecular weight excluding hydrogens is 300 g/mol. The predicted molar refractivity (Wildman–Crippen MR) is 91.6 cm³/mol. The van der Waals surface area contributed by atoms with E-state index < -0.39 is 0 Å². The van der Waals surface area contributed by atoms with Gasteiger partial charge in [-0.15, -0.1) is 12.4 Å². The first kappa shape index (κ1) is 18.0. The van der Waals surface area contributed by atoms with Crippen LogP contribution in [0, 0.1) is 0 Å². The van der Waals surface area contributed by atoms with Gasteiger partial charge in [-0.2, -0.15) is 0 Å². The lowest BCUT2D eigenvalue weighted by molar-refractivity contribution is -0.134. The lowest BCUT2D eigenvalue weighted by atomic mass is 10.0. The van der Waals surface area contributed by atoms with E-state index in [1.807, 2.05) is 0 Å². The summed E-state index contributed by atoms with van der Waals surface area (Å²) in [5, 5.41) is 3.32. The van der Waals surface area contributed by atoms with Crippen LogP contribution in [-0.2, 0) is 4.79 Å². The zero-order chi connectivity index (χ0) is 14.7. The van der Waals surface area contributed by atoms with Crippen LogP contribution in [0.5, 0.6) is 0 Å². The van der Waals surface area contributed by atoms with Crippen molar-refractivity contribution in [3.8, 4) is 0 Å². The van der Waals surface area contributed by atoms with E-state index in [0.717, 1.165) is 51.6 Å². The molecule has 0 bridgehead atoms. The number of likely N-dealkylation sites (N-methyl/N-ethyl adjacent to an activating group) is 1. The van der Waals surface area contributed by atoms with Crippen LogP contribution < -0.4 is 5.32 Å². The molecule has 3 saturated heterocycles. The van der Waals surface area contributed by atoms with Gasteiger partial charge in [0.15, 0.2) is 0 Å². The molecule has 0 aliphatic carbocycles. The Bertz CT molecular complexity index is 354. The molecule has 1 amide bonds. The number of hydrogen-bond acceptors (Lipinski definition) is 4. The SMILES string of the molecule is CN1CCCCC1CN1CCN(C(=O)C2CCCN2)CC1.Cl. The first-order valence-electron chi connectivity index (χ1n) is 8.69. The quantitative estimate of drug-likeness (QED) is 0.830. The largest absolute Gasteiger partial charge is 0.339 e. The zero-order valence-corrected chi connectivity index (χ0v) is 14.6. The normalized spacial score (nSPS) is 31.0. The van der Waals surface area contributed by atoms with E-state index in [9.17, 15) is 4.79 Å². The van der Waals surface area contributed by atoms with Crippen LogP contribution in [0.3, 0.4) is 0 Å². The second-order valence-electron chi connectivity index (χ2n) is 6.91. The van der Waals surface area contributed by atoms with E-state index in [-0.39, 0.29) is 18.4 Å². The molecule has 0 radical (unpaired) electrons. The van der Waals surface area contributed by atoms with E-state index in [1.165, 1.54) is 32.4 Å². The third-order valence-electron chi connectivity index (χ3n) is 5.43. The first-order valence-corrected chi connectivity index (χ1v) is 8.69. The molecule has 2 atom stereocenters. The van der Waals surface area contributed by atoms with Crippen molar-refractivity contribution in [1.29, 1.82) is 0 Å². The summed E-state index contributed by atoms with van der Waals surface area (Å²) < 4.78 is 0. The molecule has 3 heterocycles. The number of hydrogen-bond donors (Lipinski definition) is 1. The Morgan fingerprint density at radius 3 is 2.45 bits per heavy atom. The maximum Gasteiger partial charge on any atom is 0.239 e. The summed E-state index contributed by atoms with van der Waals surface area (Å²) in [6, 6.07) is 0.818. The van der Waals surface area contributed by atoms with Crippen molar-refractivity contribution in [3.63, 3.8) is 0 Å². The minimum Gasteiger partial charge on any atom is -0.339 e. The Kier molecular flexibility index (Phi) is 6.93. The highest BCUT2D eigenvalue weighted by molar-refractivity contribution is 5.85. The van der Waals surface area contributed by atoms with E-state index in [4.69, 9.17) is 0 Å². The summed E-state index contributed by atoms with van der Waals surface area (Å²) in [5.41, 5.74) is 0. The fourth-order valence-electron chi connectivity index (χ4n) is 3.94. The van der Waals surface area contributed by atoms with Gasteiger partial charge in [-0.05, 0) is 45.8 Å². The smallest absolute Gasteiger partial charge is 0.239 e. The highest BCUT2D eigenvalue weighted by Crippen LogP contribution is 2.17. The molecule has 6 heteroatoms. The number of rotatable bonds is 3. The fraction of sp³-hybridized carbons (Fsp3) is 0.938. The van der Waals surface area contributed by atoms with Crippen LogP contribution in [0.1, 0.15) is 32.1 Å². The van der Waals surface area contributed by atoms with Crippen molar-refractivity contribution in [1.82, 2.24) is 20.0 Å². The predicted octanol–water partition coefficient (Wildman–Crippen LogP) is 0.789. The highest BCUT2D eigenvalue weighted by atomic mass is 35.5. The van der Waals surface area contributed by atoms with Crippen LogP contribution >= 0.6 is 12.4 Å². The molecule has 1 N–H and O–H groups in total. The summed E-state index contributed by atoms with van der Waals surface area (Å²) in [4.78, 5) is 19.5. The number of carbonyl (C=O) groups is 1. The molecule has 0 spiro atoms. The molecule has 0 aromatic carbocycles. The van der Waals surface area contributed by atoms with Gasteiger partial charge in [0, 0.05) is 38.8 Å². The van der Waals surface area contributed by atoms with Gasteiger partial charge in [0.05, 0.1) is 6.04 Å². The molecule has 3 rings (SSSR count). The molecule has 128 valence electrons. The Balaban J connectivity index is 0.00000176. The Morgan fingerprint density at radius 1 is 1.05 bits per heavy atom. The van der Waals surface area contributed by atoms with Gasteiger partial charge in [0.1, 0.15) is 0 Å². The standard InChI is InChI=1S/C16H30N4O.ClH/c1-18-8-3-2-5-14(18)13-19-9-11-20(12-10-19)16(21)15-6-4-7-17-15;/h14-15,17H,2-13H2,1H3;1H. The van der Waals surface area contributed by atoms with Crippen molar-refractivity contribution in [3.05, 3.63) is 0 Å². The lowest BCUT2D eigenvalue weighted by Crippen LogP contribution is -2.55. The minimum absolute atomic E-state index is 0. The molecule has 3 aliphatic heterocycles. The van der Waals surface area contributed by atoms with Crippen LogP contribution in [0.25, 0.3) is 0 Å². The van der Waals surface area contributed by atoms with Crippen LogP contribution in [0.15, 0.2) is 0 Å². The number of carbonyl (C=O) groups excluding carboxylic acids is 1. The van der Waals surface area contributed by atoms with Gasteiger partial charge in [-0.3, -0.25) is 9.69 Å². The maximum absolute atomic E-state index is 12.4. The Hall–Kier alpha value is -0.360. The third kappa shape index (κ3) is 4.34. The number of halogens is 1. The van der Waals surface area contributed by atoms with Gasteiger partial charge in [0.2, 0.25) is 5.91 Å². The maximum atomic E-state index is 12.4. The van der Waals surface area contributed by atoms with Crippen molar-refractivity contribution >= 4 is 18.3 Å². The van der Waals surface area contributed by atoms with E-state index in [0.29, 0.717) is 5.91 Å². The van der Waals surface area contributed by atoms with Gasteiger partial charge >= 0.3 is 0 Å². The molecule has 5 nitrogen and oxygen atoms in total. The first-order chi connectivity index (χ1) is 10.2.